The molecular formula is C11H24BrNO. The molecule has 0 spiro atoms. The van der Waals surface area contributed by atoms with Crippen LogP contribution in [0.1, 0.15) is 40.0 Å². The van der Waals surface area contributed by atoms with Gasteiger partial charge in [0.05, 0.1) is 12.2 Å². The Labute approximate surface area is 96.9 Å². The molecule has 3 heteroatoms. The number of nitrogens with one attached hydrogen (secondary N) is 1. The van der Waals surface area contributed by atoms with Gasteiger partial charge in [-0.3, -0.25) is 0 Å². The number of rotatable bonds is 8. The van der Waals surface area contributed by atoms with Crippen molar-refractivity contribution in [2.45, 2.75) is 45.6 Å². The standard InChI is InChI=1S/C11H24BrNO/c1-11(2,3)14-10-9-13-8-6-4-5-7-12/h13H,4-10H2,1-3H3. The molecule has 0 aliphatic carbocycles. The molecule has 0 aromatic rings. The van der Waals surface area contributed by atoms with E-state index in [4.69, 9.17) is 4.74 Å². The Morgan fingerprint density at radius 3 is 2.36 bits per heavy atom. The summed E-state index contributed by atoms with van der Waals surface area (Å²) in [5.74, 6) is 0. The van der Waals surface area contributed by atoms with Gasteiger partial charge in [-0.25, -0.2) is 0 Å². The third-order valence-electron chi connectivity index (χ3n) is 1.80. The van der Waals surface area contributed by atoms with Crippen LogP contribution < -0.4 is 5.32 Å². The van der Waals surface area contributed by atoms with Gasteiger partial charge in [-0.15, -0.1) is 0 Å². The van der Waals surface area contributed by atoms with Gasteiger partial charge < -0.3 is 10.1 Å². The zero-order valence-corrected chi connectivity index (χ0v) is 11.3. The lowest BCUT2D eigenvalue weighted by molar-refractivity contribution is -0.000755. The van der Waals surface area contributed by atoms with E-state index in [0.717, 1.165) is 25.0 Å². The van der Waals surface area contributed by atoms with Crippen LogP contribution >= 0.6 is 15.9 Å². The Balaban J connectivity index is 2.99. The fourth-order valence-corrected chi connectivity index (χ4v) is 1.47. The van der Waals surface area contributed by atoms with Crippen molar-refractivity contribution in [3.8, 4) is 0 Å². The van der Waals surface area contributed by atoms with Crippen molar-refractivity contribution in [2.24, 2.45) is 0 Å². The molecule has 0 radical (unpaired) electrons. The van der Waals surface area contributed by atoms with E-state index in [1.807, 2.05) is 0 Å². The Morgan fingerprint density at radius 2 is 1.79 bits per heavy atom. The van der Waals surface area contributed by atoms with E-state index < -0.39 is 0 Å². The smallest absolute Gasteiger partial charge is 0.0599 e. The average Bonchev–Trinajstić information content (AvgIpc) is 2.08. The number of ether oxygens (including phenoxy) is 1. The van der Waals surface area contributed by atoms with Crippen LogP contribution in [0.4, 0.5) is 0 Å². The number of unbranched alkanes of at least 4 members (excludes halogenated alkanes) is 2. The molecule has 0 aliphatic heterocycles. The Kier molecular flexibility index (Phi) is 8.94. The highest BCUT2D eigenvalue weighted by Crippen LogP contribution is 2.05. The van der Waals surface area contributed by atoms with E-state index in [0.29, 0.717) is 0 Å². The van der Waals surface area contributed by atoms with Gasteiger partial charge in [-0.1, -0.05) is 22.4 Å². The van der Waals surface area contributed by atoms with Crippen LogP contribution in [-0.4, -0.2) is 30.6 Å². The van der Waals surface area contributed by atoms with Crippen LogP contribution in [0.25, 0.3) is 0 Å². The van der Waals surface area contributed by atoms with Gasteiger partial charge >= 0.3 is 0 Å². The lowest BCUT2D eigenvalue weighted by atomic mass is 10.2. The second-order valence-corrected chi connectivity index (χ2v) is 5.25. The summed E-state index contributed by atoms with van der Waals surface area (Å²) >= 11 is 3.42. The Morgan fingerprint density at radius 1 is 1.07 bits per heavy atom. The summed E-state index contributed by atoms with van der Waals surface area (Å²) in [5.41, 5.74) is -0.00234. The van der Waals surface area contributed by atoms with Crippen molar-refractivity contribution >= 4 is 15.9 Å². The molecule has 0 aromatic carbocycles. The molecule has 14 heavy (non-hydrogen) atoms. The summed E-state index contributed by atoms with van der Waals surface area (Å²) in [5, 5.41) is 4.50. The summed E-state index contributed by atoms with van der Waals surface area (Å²) < 4.78 is 5.59. The Hall–Kier alpha value is 0.400. The van der Waals surface area contributed by atoms with Gasteiger partial charge in [-0.2, -0.15) is 0 Å². The maximum atomic E-state index is 5.59. The molecule has 86 valence electrons. The molecule has 0 saturated heterocycles. The summed E-state index contributed by atoms with van der Waals surface area (Å²) in [4.78, 5) is 0. The maximum Gasteiger partial charge on any atom is 0.0599 e. The first-order chi connectivity index (χ1) is 6.56. The van der Waals surface area contributed by atoms with Gasteiger partial charge in [0.1, 0.15) is 0 Å². The lowest BCUT2D eigenvalue weighted by Gasteiger charge is -2.19. The van der Waals surface area contributed by atoms with Crippen LogP contribution in [0.2, 0.25) is 0 Å². The van der Waals surface area contributed by atoms with Gasteiger partial charge in [0.2, 0.25) is 0 Å². The van der Waals surface area contributed by atoms with Crippen molar-refractivity contribution in [3.05, 3.63) is 0 Å². The second-order valence-electron chi connectivity index (χ2n) is 4.46. The van der Waals surface area contributed by atoms with E-state index in [-0.39, 0.29) is 5.60 Å². The molecule has 0 bridgehead atoms. The number of alkyl halides is 1. The predicted octanol–water partition coefficient (Wildman–Crippen LogP) is 2.96. The number of hydrogen-bond acceptors (Lipinski definition) is 2. The average molecular weight is 266 g/mol. The lowest BCUT2D eigenvalue weighted by Crippen LogP contribution is -2.27. The summed E-state index contributed by atoms with van der Waals surface area (Å²) in [6, 6.07) is 0. The summed E-state index contributed by atoms with van der Waals surface area (Å²) in [6.45, 7) is 9.14. The first kappa shape index (κ1) is 14.4. The number of halogens is 1. The van der Waals surface area contributed by atoms with Gasteiger partial charge in [0.25, 0.3) is 0 Å². The fraction of sp³-hybridized carbons (Fsp3) is 1.00. The Bertz CT molecular complexity index is 123. The van der Waals surface area contributed by atoms with E-state index >= 15 is 0 Å². The quantitative estimate of drug-likeness (QED) is 0.538. The van der Waals surface area contributed by atoms with Crippen molar-refractivity contribution in [2.75, 3.05) is 25.0 Å². The molecule has 0 aliphatic rings. The normalized spacial score (nSPS) is 12.0. The van der Waals surface area contributed by atoms with E-state index in [9.17, 15) is 0 Å². The van der Waals surface area contributed by atoms with Crippen LogP contribution in [0, 0.1) is 0 Å². The minimum atomic E-state index is -0.00234. The monoisotopic (exact) mass is 265 g/mol. The first-order valence-corrected chi connectivity index (χ1v) is 6.59. The zero-order chi connectivity index (χ0) is 10.9. The molecule has 2 nitrogen and oxygen atoms in total. The molecule has 1 N–H and O–H groups in total. The fourth-order valence-electron chi connectivity index (χ4n) is 1.08. The molecule has 0 saturated carbocycles. The third kappa shape index (κ3) is 12.4. The summed E-state index contributed by atoms with van der Waals surface area (Å²) in [7, 11) is 0. The van der Waals surface area contributed by atoms with Crippen LogP contribution in [0.3, 0.4) is 0 Å². The molecular weight excluding hydrogens is 242 g/mol. The van der Waals surface area contributed by atoms with Crippen LogP contribution in [0.5, 0.6) is 0 Å². The second kappa shape index (κ2) is 8.69. The van der Waals surface area contributed by atoms with Crippen LogP contribution in [0.15, 0.2) is 0 Å². The molecule has 0 amide bonds. The van der Waals surface area contributed by atoms with Crippen molar-refractivity contribution in [1.29, 1.82) is 0 Å². The highest BCUT2D eigenvalue weighted by Gasteiger charge is 2.08. The summed E-state index contributed by atoms with van der Waals surface area (Å²) in [6.07, 6.45) is 3.85. The van der Waals surface area contributed by atoms with Gasteiger partial charge in [-0.05, 0) is 40.2 Å². The number of hydrogen-bond donors (Lipinski definition) is 1. The molecule has 0 rings (SSSR count). The minimum absolute atomic E-state index is 0.00234. The van der Waals surface area contributed by atoms with Crippen LogP contribution in [-0.2, 0) is 4.74 Å². The molecule has 0 heterocycles. The van der Waals surface area contributed by atoms with E-state index in [1.165, 1.54) is 19.3 Å². The van der Waals surface area contributed by atoms with E-state index in [2.05, 4.69) is 42.0 Å². The third-order valence-corrected chi connectivity index (χ3v) is 2.36. The predicted molar refractivity (Wildman–Crippen MR) is 66.2 cm³/mol. The van der Waals surface area contributed by atoms with Crippen molar-refractivity contribution in [3.63, 3.8) is 0 Å². The van der Waals surface area contributed by atoms with Gasteiger partial charge in [0.15, 0.2) is 0 Å². The zero-order valence-electron chi connectivity index (χ0n) is 9.74. The maximum absolute atomic E-state index is 5.59. The molecule has 0 fully saturated rings. The molecule has 0 unspecified atom stereocenters. The highest BCUT2D eigenvalue weighted by atomic mass is 79.9. The topological polar surface area (TPSA) is 21.3 Å². The molecule has 0 aromatic heterocycles. The van der Waals surface area contributed by atoms with Crippen molar-refractivity contribution in [1.82, 2.24) is 5.32 Å². The first-order valence-electron chi connectivity index (χ1n) is 5.47. The highest BCUT2D eigenvalue weighted by molar-refractivity contribution is 9.09. The minimum Gasteiger partial charge on any atom is -0.375 e. The van der Waals surface area contributed by atoms with Crippen molar-refractivity contribution < 1.29 is 4.74 Å². The van der Waals surface area contributed by atoms with E-state index in [1.54, 1.807) is 0 Å². The SMILES string of the molecule is CC(C)(C)OCCNCCCCCBr. The molecule has 0 atom stereocenters. The largest absolute Gasteiger partial charge is 0.375 e. The van der Waals surface area contributed by atoms with Gasteiger partial charge in [0, 0.05) is 11.9 Å².